The third-order valence-corrected chi connectivity index (χ3v) is 5.48. The maximum atomic E-state index is 12.5. The third kappa shape index (κ3) is 3.61. The van der Waals surface area contributed by atoms with Gasteiger partial charge in [0.05, 0.1) is 5.69 Å². The van der Waals surface area contributed by atoms with Gasteiger partial charge in [0, 0.05) is 31.6 Å². The Hall–Kier alpha value is -2.14. The van der Waals surface area contributed by atoms with Crippen molar-refractivity contribution in [2.75, 3.05) is 31.1 Å². The van der Waals surface area contributed by atoms with Gasteiger partial charge in [-0.1, -0.05) is 30.3 Å². The lowest BCUT2D eigenvalue weighted by Crippen LogP contribution is -2.30. The summed E-state index contributed by atoms with van der Waals surface area (Å²) in [5.74, 6) is 1.36. The van der Waals surface area contributed by atoms with Gasteiger partial charge in [0.2, 0.25) is 5.95 Å². The minimum atomic E-state index is 0.0487. The highest BCUT2D eigenvalue weighted by Gasteiger charge is 2.21. The van der Waals surface area contributed by atoms with Gasteiger partial charge >= 0.3 is 0 Å². The van der Waals surface area contributed by atoms with Crippen molar-refractivity contribution in [1.29, 1.82) is 0 Å². The fourth-order valence-corrected chi connectivity index (χ4v) is 4.06. The Morgan fingerprint density at radius 1 is 1.04 bits per heavy atom. The van der Waals surface area contributed by atoms with Crippen molar-refractivity contribution in [3.05, 3.63) is 57.5 Å². The molecule has 5 nitrogen and oxygen atoms in total. The summed E-state index contributed by atoms with van der Waals surface area (Å²) >= 11 is 0. The topological polar surface area (TPSA) is 61.0 Å². The number of nitrogens with one attached hydrogen (secondary N) is 2. The van der Waals surface area contributed by atoms with Gasteiger partial charge in [-0.05, 0) is 43.7 Å². The van der Waals surface area contributed by atoms with Gasteiger partial charge in [0.25, 0.3) is 5.56 Å². The molecule has 1 atom stereocenters. The molecular weight excluding hydrogens is 312 g/mol. The Morgan fingerprint density at radius 2 is 1.88 bits per heavy atom. The molecule has 25 heavy (non-hydrogen) atoms. The van der Waals surface area contributed by atoms with Crippen molar-refractivity contribution in [3.8, 4) is 0 Å². The molecule has 1 saturated heterocycles. The number of nitrogens with zero attached hydrogens (tertiary/aromatic N) is 2. The number of aromatic amines is 1. The van der Waals surface area contributed by atoms with Crippen molar-refractivity contribution in [1.82, 2.24) is 15.3 Å². The second-order valence-corrected chi connectivity index (χ2v) is 7.09. The van der Waals surface area contributed by atoms with E-state index in [1.54, 1.807) is 0 Å². The number of aromatic nitrogens is 2. The lowest BCUT2D eigenvalue weighted by atomic mass is 9.92. The molecule has 0 bridgehead atoms. The quantitative estimate of drug-likeness (QED) is 0.882. The van der Waals surface area contributed by atoms with Gasteiger partial charge < -0.3 is 10.2 Å². The van der Waals surface area contributed by atoms with E-state index in [2.05, 4.69) is 45.5 Å². The first kappa shape index (κ1) is 16.3. The van der Waals surface area contributed by atoms with Crippen LogP contribution < -0.4 is 15.8 Å². The summed E-state index contributed by atoms with van der Waals surface area (Å²) in [4.78, 5) is 22.6. The average molecular weight is 338 g/mol. The first-order valence-corrected chi connectivity index (χ1v) is 9.44. The Labute approximate surface area is 148 Å². The van der Waals surface area contributed by atoms with Gasteiger partial charge in [0.1, 0.15) is 0 Å². The van der Waals surface area contributed by atoms with Crippen LogP contribution in [0.4, 0.5) is 5.95 Å². The van der Waals surface area contributed by atoms with Crippen LogP contribution in [0.3, 0.4) is 0 Å². The first-order valence-electron chi connectivity index (χ1n) is 9.44. The Kier molecular flexibility index (Phi) is 4.83. The van der Waals surface area contributed by atoms with Crippen molar-refractivity contribution in [2.45, 2.75) is 38.0 Å². The van der Waals surface area contributed by atoms with E-state index < -0.39 is 0 Å². The molecule has 0 spiro atoms. The van der Waals surface area contributed by atoms with Crippen LogP contribution in [-0.4, -0.2) is 36.1 Å². The molecule has 1 unspecified atom stereocenters. The van der Waals surface area contributed by atoms with Gasteiger partial charge in [-0.15, -0.1) is 0 Å². The van der Waals surface area contributed by atoms with Gasteiger partial charge in [-0.2, -0.15) is 0 Å². The maximum Gasteiger partial charge on any atom is 0.255 e. The van der Waals surface area contributed by atoms with Crippen LogP contribution in [0.1, 0.15) is 42.0 Å². The molecule has 2 aliphatic heterocycles. The van der Waals surface area contributed by atoms with Crippen LogP contribution in [0.2, 0.25) is 0 Å². The van der Waals surface area contributed by atoms with E-state index in [-0.39, 0.29) is 5.56 Å². The average Bonchev–Trinajstić information content (AvgIpc) is 3.03. The molecule has 1 aromatic carbocycles. The number of anilines is 1. The molecule has 2 N–H and O–H groups in total. The summed E-state index contributed by atoms with van der Waals surface area (Å²) in [7, 11) is 0. The zero-order valence-electron chi connectivity index (χ0n) is 14.6. The Bertz CT molecular complexity index is 771. The highest BCUT2D eigenvalue weighted by Crippen LogP contribution is 2.28. The molecule has 2 aliphatic rings. The molecule has 5 heteroatoms. The monoisotopic (exact) mass is 338 g/mol. The van der Waals surface area contributed by atoms with Crippen molar-refractivity contribution in [2.24, 2.45) is 0 Å². The Morgan fingerprint density at radius 3 is 2.76 bits per heavy atom. The number of hydrogen-bond donors (Lipinski definition) is 2. The van der Waals surface area contributed by atoms with Crippen molar-refractivity contribution < 1.29 is 0 Å². The van der Waals surface area contributed by atoms with Gasteiger partial charge in [0.15, 0.2) is 0 Å². The normalized spacial score (nSPS) is 21.3. The van der Waals surface area contributed by atoms with E-state index in [0.29, 0.717) is 5.92 Å². The van der Waals surface area contributed by atoms with Crippen LogP contribution >= 0.6 is 0 Å². The number of rotatable bonds is 2. The van der Waals surface area contributed by atoms with E-state index in [1.165, 1.54) is 12.0 Å². The number of fused-ring (bicyclic) bond motifs is 1. The second-order valence-electron chi connectivity index (χ2n) is 7.09. The lowest BCUT2D eigenvalue weighted by Gasteiger charge is -2.22. The number of hydrogen-bond acceptors (Lipinski definition) is 4. The van der Waals surface area contributed by atoms with E-state index in [9.17, 15) is 4.79 Å². The summed E-state index contributed by atoms with van der Waals surface area (Å²) in [6.45, 7) is 3.67. The standard InChI is InChI=1S/C20H26N4O/c25-19-17-8-11-21-12-9-18(17)22-20(23-19)24-13-4-7-16(10-14-24)15-5-2-1-3-6-15/h1-3,5-6,16,21H,4,7-14H2,(H,22,23,25). The fraction of sp³-hybridized carbons (Fsp3) is 0.500. The SMILES string of the molecule is O=c1[nH]c(N2CCCC(c3ccccc3)CC2)nc2c1CCNCC2. The molecule has 3 heterocycles. The molecule has 2 aromatic rings. The minimum absolute atomic E-state index is 0.0487. The fourth-order valence-electron chi connectivity index (χ4n) is 4.06. The van der Waals surface area contributed by atoms with Crippen LogP contribution in [0.25, 0.3) is 0 Å². The van der Waals surface area contributed by atoms with E-state index in [4.69, 9.17) is 4.98 Å². The van der Waals surface area contributed by atoms with Crippen molar-refractivity contribution >= 4 is 5.95 Å². The van der Waals surface area contributed by atoms with E-state index in [1.807, 2.05) is 0 Å². The molecular formula is C20H26N4O. The third-order valence-electron chi connectivity index (χ3n) is 5.48. The zero-order chi connectivity index (χ0) is 17.1. The summed E-state index contributed by atoms with van der Waals surface area (Å²) < 4.78 is 0. The van der Waals surface area contributed by atoms with Crippen molar-refractivity contribution in [3.63, 3.8) is 0 Å². The summed E-state index contributed by atoms with van der Waals surface area (Å²) in [6.07, 6.45) is 5.04. The molecule has 0 radical (unpaired) electrons. The minimum Gasteiger partial charge on any atom is -0.342 e. The second kappa shape index (κ2) is 7.40. The molecule has 1 fully saturated rings. The summed E-state index contributed by atoms with van der Waals surface area (Å²) in [5.41, 5.74) is 3.32. The van der Waals surface area contributed by atoms with Gasteiger partial charge in [-0.25, -0.2) is 4.98 Å². The van der Waals surface area contributed by atoms with E-state index in [0.717, 1.165) is 69.1 Å². The largest absolute Gasteiger partial charge is 0.342 e. The number of benzene rings is 1. The molecule has 0 amide bonds. The summed E-state index contributed by atoms with van der Waals surface area (Å²) in [5, 5.41) is 3.35. The Balaban J connectivity index is 1.54. The molecule has 0 aliphatic carbocycles. The van der Waals surface area contributed by atoms with E-state index >= 15 is 0 Å². The van der Waals surface area contributed by atoms with Crippen LogP contribution in [0, 0.1) is 0 Å². The molecule has 0 saturated carbocycles. The number of H-pyrrole nitrogens is 1. The highest BCUT2D eigenvalue weighted by atomic mass is 16.1. The molecule has 132 valence electrons. The first-order chi connectivity index (χ1) is 12.3. The molecule has 4 rings (SSSR count). The maximum absolute atomic E-state index is 12.5. The summed E-state index contributed by atoms with van der Waals surface area (Å²) in [6, 6.07) is 10.8. The smallest absolute Gasteiger partial charge is 0.255 e. The molecule has 1 aromatic heterocycles. The lowest BCUT2D eigenvalue weighted by molar-refractivity contribution is 0.611. The van der Waals surface area contributed by atoms with Crippen LogP contribution in [0.5, 0.6) is 0 Å². The predicted molar refractivity (Wildman–Crippen MR) is 100 cm³/mol. The van der Waals surface area contributed by atoms with Crippen LogP contribution in [0.15, 0.2) is 35.1 Å². The predicted octanol–water partition coefficient (Wildman–Crippen LogP) is 2.23. The highest BCUT2D eigenvalue weighted by molar-refractivity contribution is 5.35. The van der Waals surface area contributed by atoms with Gasteiger partial charge in [-0.3, -0.25) is 9.78 Å². The van der Waals surface area contributed by atoms with Crippen LogP contribution in [-0.2, 0) is 12.8 Å². The zero-order valence-corrected chi connectivity index (χ0v) is 14.6.